The molecule has 112 valence electrons. The average molecular weight is 306 g/mol. The molecule has 0 atom stereocenters. The Kier molecular flexibility index (Phi) is 5.15. The van der Waals surface area contributed by atoms with Gasteiger partial charge in [0.1, 0.15) is 5.69 Å². The van der Waals surface area contributed by atoms with Crippen molar-refractivity contribution < 1.29 is 0 Å². The van der Waals surface area contributed by atoms with Crippen LogP contribution >= 0.6 is 11.6 Å². The molecule has 2 aromatic rings. The third-order valence-corrected chi connectivity index (χ3v) is 3.71. The first kappa shape index (κ1) is 15.7. The lowest BCUT2D eigenvalue weighted by molar-refractivity contribution is 0.637. The van der Waals surface area contributed by atoms with E-state index in [0.717, 1.165) is 29.9 Å². The summed E-state index contributed by atoms with van der Waals surface area (Å²) in [7, 11) is 0. The van der Waals surface area contributed by atoms with Crippen LogP contribution in [-0.2, 0) is 6.54 Å². The monoisotopic (exact) mass is 305 g/mol. The zero-order chi connectivity index (χ0) is 15.4. The fourth-order valence-electron chi connectivity index (χ4n) is 2.06. The second-order valence-corrected chi connectivity index (χ2v) is 5.53. The number of aromatic nitrogens is 2. The summed E-state index contributed by atoms with van der Waals surface area (Å²) in [6.07, 6.45) is 1.02. The molecule has 1 N–H and O–H groups in total. The lowest BCUT2D eigenvalue weighted by Crippen LogP contribution is -2.25. The third kappa shape index (κ3) is 3.71. The van der Waals surface area contributed by atoms with Gasteiger partial charge in [0.25, 0.3) is 0 Å². The molecular weight excluding hydrogens is 286 g/mol. The molecule has 0 amide bonds. The van der Waals surface area contributed by atoms with Crippen molar-refractivity contribution in [3.63, 3.8) is 0 Å². The van der Waals surface area contributed by atoms with Gasteiger partial charge in [-0.2, -0.15) is 5.10 Å². The fraction of sp³-hybridized carbons (Fsp3) is 0.375. The fourth-order valence-corrected chi connectivity index (χ4v) is 2.24. The smallest absolute Gasteiger partial charge is 0.204 e. The molecule has 0 spiro atoms. The molecule has 1 aromatic heterocycles. The molecule has 0 unspecified atom stereocenters. The SMILES string of the molecule is CCCNCc1nn(-c2ccc(C)c(Cl)c2)c(C)cc1=O. The Hall–Kier alpha value is -1.65. The van der Waals surface area contributed by atoms with Crippen LogP contribution < -0.4 is 10.7 Å². The zero-order valence-electron chi connectivity index (χ0n) is 12.6. The first-order chi connectivity index (χ1) is 10.0. The first-order valence-corrected chi connectivity index (χ1v) is 7.48. The van der Waals surface area contributed by atoms with E-state index < -0.39 is 0 Å². The van der Waals surface area contributed by atoms with Crippen LogP contribution in [0.5, 0.6) is 0 Å². The van der Waals surface area contributed by atoms with E-state index in [0.29, 0.717) is 17.3 Å². The summed E-state index contributed by atoms with van der Waals surface area (Å²) >= 11 is 6.17. The van der Waals surface area contributed by atoms with Crippen LogP contribution in [-0.4, -0.2) is 16.3 Å². The summed E-state index contributed by atoms with van der Waals surface area (Å²) in [6.45, 7) is 7.25. The lowest BCUT2D eigenvalue weighted by Gasteiger charge is -2.12. The van der Waals surface area contributed by atoms with Gasteiger partial charge in [0.05, 0.1) is 5.69 Å². The molecule has 0 saturated heterocycles. The van der Waals surface area contributed by atoms with Gasteiger partial charge in [-0.25, -0.2) is 4.68 Å². The Morgan fingerprint density at radius 1 is 1.29 bits per heavy atom. The van der Waals surface area contributed by atoms with E-state index in [-0.39, 0.29) is 5.43 Å². The van der Waals surface area contributed by atoms with Crippen molar-refractivity contribution in [3.8, 4) is 5.69 Å². The van der Waals surface area contributed by atoms with Crippen LogP contribution in [0.2, 0.25) is 5.02 Å². The number of nitrogens with zero attached hydrogens (tertiary/aromatic N) is 2. The number of hydrogen-bond acceptors (Lipinski definition) is 3. The van der Waals surface area contributed by atoms with E-state index in [1.54, 1.807) is 10.7 Å². The van der Waals surface area contributed by atoms with Crippen LogP contribution in [0.1, 0.15) is 30.3 Å². The lowest BCUT2D eigenvalue weighted by atomic mass is 10.2. The number of aryl methyl sites for hydroxylation is 2. The Bertz CT molecular complexity index is 694. The Morgan fingerprint density at radius 2 is 2.05 bits per heavy atom. The molecule has 0 bridgehead atoms. The molecule has 21 heavy (non-hydrogen) atoms. The topological polar surface area (TPSA) is 46.9 Å². The van der Waals surface area contributed by atoms with Gasteiger partial charge >= 0.3 is 0 Å². The standard InChI is InChI=1S/C16H20ClN3O/c1-4-7-18-10-15-16(21)8-12(3)20(19-15)13-6-5-11(2)14(17)9-13/h5-6,8-9,18H,4,7,10H2,1-3H3. The molecular formula is C16H20ClN3O. The predicted octanol–water partition coefficient (Wildman–Crippen LogP) is 3.00. The van der Waals surface area contributed by atoms with Crippen molar-refractivity contribution in [2.24, 2.45) is 0 Å². The number of nitrogens with one attached hydrogen (secondary N) is 1. The number of rotatable bonds is 5. The van der Waals surface area contributed by atoms with Gasteiger partial charge < -0.3 is 5.32 Å². The van der Waals surface area contributed by atoms with E-state index >= 15 is 0 Å². The van der Waals surface area contributed by atoms with Crippen LogP contribution in [0.15, 0.2) is 29.1 Å². The second-order valence-electron chi connectivity index (χ2n) is 5.12. The van der Waals surface area contributed by atoms with Crippen molar-refractivity contribution in [2.45, 2.75) is 33.7 Å². The molecule has 0 aliphatic carbocycles. The highest BCUT2D eigenvalue weighted by atomic mass is 35.5. The van der Waals surface area contributed by atoms with Crippen LogP contribution in [0, 0.1) is 13.8 Å². The molecule has 0 saturated carbocycles. The quantitative estimate of drug-likeness (QED) is 0.864. The highest BCUT2D eigenvalue weighted by Gasteiger charge is 2.08. The minimum absolute atomic E-state index is 0.0365. The number of halogens is 1. The molecule has 4 nitrogen and oxygen atoms in total. The van der Waals surface area contributed by atoms with Gasteiger partial charge in [-0.15, -0.1) is 0 Å². The highest BCUT2D eigenvalue weighted by Crippen LogP contribution is 2.19. The minimum atomic E-state index is -0.0365. The summed E-state index contributed by atoms with van der Waals surface area (Å²) < 4.78 is 1.76. The van der Waals surface area contributed by atoms with E-state index in [2.05, 4.69) is 17.3 Å². The molecule has 1 heterocycles. The van der Waals surface area contributed by atoms with Crippen molar-refractivity contribution >= 4 is 11.6 Å². The van der Waals surface area contributed by atoms with Crippen molar-refractivity contribution in [3.05, 3.63) is 56.5 Å². The molecule has 5 heteroatoms. The second kappa shape index (κ2) is 6.87. The minimum Gasteiger partial charge on any atom is -0.311 e. The molecule has 2 rings (SSSR count). The van der Waals surface area contributed by atoms with Gasteiger partial charge in [0, 0.05) is 23.3 Å². The number of benzene rings is 1. The summed E-state index contributed by atoms with van der Waals surface area (Å²) in [4.78, 5) is 12.0. The van der Waals surface area contributed by atoms with E-state index in [9.17, 15) is 4.79 Å². The van der Waals surface area contributed by atoms with Gasteiger partial charge in [-0.1, -0.05) is 24.6 Å². The number of hydrogen-bond donors (Lipinski definition) is 1. The Morgan fingerprint density at radius 3 is 2.71 bits per heavy atom. The Balaban J connectivity index is 2.40. The molecule has 0 aliphatic rings. The van der Waals surface area contributed by atoms with E-state index in [1.807, 2.05) is 32.0 Å². The molecule has 0 aliphatic heterocycles. The molecule has 1 aromatic carbocycles. The first-order valence-electron chi connectivity index (χ1n) is 7.10. The zero-order valence-corrected chi connectivity index (χ0v) is 13.4. The maximum absolute atomic E-state index is 12.0. The van der Waals surface area contributed by atoms with E-state index in [4.69, 9.17) is 11.6 Å². The summed E-state index contributed by atoms with van der Waals surface area (Å²) in [6, 6.07) is 7.38. The summed E-state index contributed by atoms with van der Waals surface area (Å²) in [5.74, 6) is 0. The van der Waals surface area contributed by atoms with Crippen molar-refractivity contribution in [2.75, 3.05) is 6.54 Å². The van der Waals surface area contributed by atoms with Crippen molar-refractivity contribution in [1.82, 2.24) is 15.1 Å². The highest BCUT2D eigenvalue weighted by molar-refractivity contribution is 6.31. The normalized spacial score (nSPS) is 10.9. The summed E-state index contributed by atoms with van der Waals surface area (Å²) in [5, 5.41) is 8.37. The Labute approximate surface area is 129 Å². The molecule has 0 fully saturated rings. The van der Waals surface area contributed by atoms with Crippen LogP contribution in [0.4, 0.5) is 0 Å². The van der Waals surface area contributed by atoms with Gasteiger partial charge in [-0.3, -0.25) is 4.79 Å². The maximum atomic E-state index is 12.0. The van der Waals surface area contributed by atoms with Crippen molar-refractivity contribution in [1.29, 1.82) is 0 Å². The van der Waals surface area contributed by atoms with Gasteiger partial charge in [-0.05, 0) is 44.5 Å². The predicted molar refractivity (Wildman–Crippen MR) is 86.3 cm³/mol. The third-order valence-electron chi connectivity index (χ3n) is 3.30. The largest absolute Gasteiger partial charge is 0.311 e. The maximum Gasteiger partial charge on any atom is 0.204 e. The van der Waals surface area contributed by atoms with E-state index in [1.165, 1.54) is 0 Å². The van der Waals surface area contributed by atoms with Gasteiger partial charge in [0.15, 0.2) is 0 Å². The van der Waals surface area contributed by atoms with Crippen LogP contribution in [0.3, 0.4) is 0 Å². The molecule has 0 radical (unpaired) electrons. The average Bonchev–Trinajstić information content (AvgIpc) is 2.44. The summed E-state index contributed by atoms with van der Waals surface area (Å²) in [5.41, 5.74) is 3.15. The van der Waals surface area contributed by atoms with Gasteiger partial charge in [0.2, 0.25) is 5.43 Å². The van der Waals surface area contributed by atoms with Crippen LogP contribution in [0.25, 0.3) is 5.69 Å².